The molecule has 9 nitrogen and oxygen atoms in total. The Bertz CT molecular complexity index is 1320. The van der Waals surface area contributed by atoms with E-state index in [0.29, 0.717) is 29.5 Å². The van der Waals surface area contributed by atoms with E-state index in [9.17, 15) is 10.1 Å². The van der Waals surface area contributed by atoms with Crippen molar-refractivity contribution in [2.75, 3.05) is 20.4 Å². The number of nitro groups is 1. The van der Waals surface area contributed by atoms with E-state index >= 15 is 0 Å². The molecule has 34 heavy (non-hydrogen) atoms. The first kappa shape index (κ1) is 20.7. The van der Waals surface area contributed by atoms with Gasteiger partial charge in [0.15, 0.2) is 23.0 Å². The van der Waals surface area contributed by atoms with Crippen LogP contribution in [0.2, 0.25) is 0 Å². The average Bonchev–Trinajstić information content (AvgIpc) is 3.30. The quantitative estimate of drug-likeness (QED) is 0.414. The van der Waals surface area contributed by atoms with E-state index in [1.165, 1.54) is 29.0 Å². The summed E-state index contributed by atoms with van der Waals surface area (Å²) in [6.07, 6.45) is 2.97. The Labute approximate surface area is 196 Å². The Morgan fingerprint density at radius 2 is 2.00 bits per heavy atom. The van der Waals surface area contributed by atoms with Crippen LogP contribution >= 0.6 is 0 Å². The summed E-state index contributed by atoms with van der Waals surface area (Å²) in [4.78, 5) is 17.3. The Morgan fingerprint density at radius 1 is 1.18 bits per heavy atom. The average molecular weight is 461 g/mol. The predicted molar refractivity (Wildman–Crippen MR) is 122 cm³/mol. The molecule has 2 aromatic carbocycles. The number of benzene rings is 2. The smallest absolute Gasteiger partial charge is 0.288 e. The fourth-order valence-electron chi connectivity index (χ4n) is 5.12. The lowest BCUT2D eigenvalue weighted by molar-refractivity contribution is -0.385. The molecule has 3 aliphatic rings. The number of pyridine rings is 1. The fourth-order valence-corrected chi connectivity index (χ4v) is 5.12. The van der Waals surface area contributed by atoms with Crippen LogP contribution in [0.25, 0.3) is 0 Å². The Balaban J connectivity index is 1.37. The highest BCUT2D eigenvalue weighted by molar-refractivity contribution is 5.56. The number of aromatic nitrogens is 1. The van der Waals surface area contributed by atoms with Gasteiger partial charge in [0.25, 0.3) is 5.69 Å². The van der Waals surface area contributed by atoms with Gasteiger partial charge < -0.3 is 18.9 Å². The van der Waals surface area contributed by atoms with Gasteiger partial charge in [-0.2, -0.15) is 0 Å². The first-order valence-electron chi connectivity index (χ1n) is 11.2. The van der Waals surface area contributed by atoms with Crippen molar-refractivity contribution in [1.82, 2.24) is 9.88 Å². The van der Waals surface area contributed by atoms with Crippen LogP contribution < -0.4 is 18.9 Å². The van der Waals surface area contributed by atoms with Crippen LogP contribution in [0.5, 0.6) is 28.9 Å². The Hall–Kier alpha value is -3.85. The zero-order valence-electron chi connectivity index (χ0n) is 18.9. The van der Waals surface area contributed by atoms with E-state index in [-0.39, 0.29) is 18.5 Å². The van der Waals surface area contributed by atoms with E-state index in [2.05, 4.69) is 28.1 Å². The minimum atomic E-state index is -0.463. The molecule has 0 spiro atoms. The molecule has 1 aromatic heterocycles. The third-order valence-electron chi connectivity index (χ3n) is 6.84. The molecule has 4 heterocycles. The molecule has 6 rings (SSSR count). The molecule has 0 radical (unpaired) electrons. The molecule has 9 heteroatoms. The van der Waals surface area contributed by atoms with Crippen LogP contribution in [-0.2, 0) is 19.4 Å². The number of ether oxygens (including phenoxy) is 4. The molecule has 0 saturated heterocycles. The van der Waals surface area contributed by atoms with Crippen LogP contribution in [0, 0.1) is 17.0 Å². The minimum absolute atomic E-state index is 0.0670. The summed E-state index contributed by atoms with van der Waals surface area (Å²) in [7, 11) is 1.61. The third-order valence-corrected chi connectivity index (χ3v) is 6.84. The second-order valence-corrected chi connectivity index (χ2v) is 8.75. The summed E-state index contributed by atoms with van der Waals surface area (Å²) in [5.74, 6) is 3.19. The van der Waals surface area contributed by atoms with Crippen LogP contribution in [0.15, 0.2) is 36.5 Å². The van der Waals surface area contributed by atoms with Gasteiger partial charge in [0.05, 0.1) is 12.0 Å². The lowest BCUT2D eigenvalue weighted by atomic mass is 9.83. The number of hydrogen-bond acceptors (Lipinski definition) is 8. The van der Waals surface area contributed by atoms with Crippen molar-refractivity contribution in [3.05, 3.63) is 74.5 Å². The zero-order chi connectivity index (χ0) is 23.4. The van der Waals surface area contributed by atoms with Crippen molar-refractivity contribution < 1.29 is 23.9 Å². The van der Waals surface area contributed by atoms with Crippen molar-refractivity contribution in [2.45, 2.75) is 32.4 Å². The Kier molecular flexibility index (Phi) is 4.80. The first-order valence-corrected chi connectivity index (χ1v) is 11.2. The molecular weight excluding hydrogens is 438 g/mol. The van der Waals surface area contributed by atoms with Gasteiger partial charge in [-0.15, -0.1) is 0 Å². The summed E-state index contributed by atoms with van der Waals surface area (Å²) in [5.41, 5.74) is 5.35. The molecule has 3 aromatic rings. The maximum Gasteiger partial charge on any atom is 0.288 e. The highest BCUT2D eigenvalue weighted by Crippen LogP contribution is 2.47. The zero-order valence-corrected chi connectivity index (χ0v) is 18.9. The molecule has 0 saturated carbocycles. The van der Waals surface area contributed by atoms with Gasteiger partial charge in [-0.3, -0.25) is 15.0 Å². The summed E-state index contributed by atoms with van der Waals surface area (Å²) in [6.45, 7) is 3.64. The topological polar surface area (TPSA) is 96.2 Å². The highest BCUT2D eigenvalue weighted by atomic mass is 16.7. The monoisotopic (exact) mass is 461 g/mol. The summed E-state index contributed by atoms with van der Waals surface area (Å²) in [6, 6.07) is 9.96. The Morgan fingerprint density at radius 3 is 2.76 bits per heavy atom. The normalized spacial score (nSPS) is 18.0. The molecule has 0 N–H and O–H groups in total. The van der Waals surface area contributed by atoms with E-state index < -0.39 is 4.92 Å². The van der Waals surface area contributed by atoms with Crippen LogP contribution in [0.1, 0.15) is 33.9 Å². The molecule has 0 bridgehead atoms. The minimum Gasteiger partial charge on any atom is -0.493 e. The van der Waals surface area contributed by atoms with Crippen molar-refractivity contribution in [2.24, 2.45) is 0 Å². The van der Waals surface area contributed by atoms with E-state index in [4.69, 9.17) is 18.9 Å². The first-order chi connectivity index (χ1) is 16.5. The molecule has 174 valence electrons. The van der Waals surface area contributed by atoms with E-state index in [1.54, 1.807) is 14.0 Å². The van der Waals surface area contributed by atoms with Gasteiger partial charge in [0, 0.05) is 36.3 Å². The van der Waals surface area contributed by atoms with Crippen LogP contribution in [0.3, 0.4) is 0 Å². The lowest BCUT2D eigenvalue weighted by Gasteiger charge is -2.42. The van der Waals surface area contributed by atoms with Crippen molar-refractivity contribution in [3.63, 3.8) is 0 Å². The highest BCUT2D eigenvalue weighted by Gasteiger charge is 2.36. The number of methoxy groups -OCH3 is 1. The maximum atomic E-state index is 11.1. The molecular formula is C25H23N3O6. The van der Waals surface area contributed by atoms with Gasteiger partial charge in [-0.25, -0.2) is 4.98 Å². The van der Waals surface area contributed by atoms with Gasteiger partial charge >= 0.3 is 0 Å². The van der Waals surface area contributed by atoms with E-state index in [0.717, 1.165) is 36.4 Å². The number of nitrogens with zero attached hydrogens (tertiary/aromatic N) is 3. The number of rotatable bonds is 4. The van der Waals surface area contributed by atoms with Crippen LogP contribution in [-0.4, -0.2) is 35.3 Å². The summed E-state index contributed by atoms with van der Waals surface area (Å²) >= 11 is 0. The number of aryl methyl sites for hydroxylation is 1. The summed E-state index contributed by atoms with van der Waals surface area (Å²) < 4.78 is 23.1. The predicted octanol–water partition coefficient (Wildman–Crippen LogP) is 4.48. The standard InChI is InChI=1S/C25H23N3O6/c1-14-7-17(28(29)30)11-26-25(14)34-24-19-12-27-6-5-16-9-22-23(33-13-32-22)10-18(16)20(27)8-15(19)3-4-21(24)31-2/h3-4,7,9-11,20H,5-6,8,12-13H2,1-2H3. The fraction of sp³-hybridized carbons (Fsp3) is 0.320. The molecule has 3 aliphatic heterocycles. The maximum absolute atomic E-state index is 11.1. The number of fused-ring (bicyclic) bond motifs is 5. The van der Waals surface area contributed by atoms with Gasteiger partial charge in [-0.05, 0) is 54.7 Å². The van der Waals surface area contributed by atoms with Crippen LogP contribution in [0.4, 0.5) is 5.69 Å². The van der Waals surface area contributed by atoms with Crippen molar-refractivity contribution in [1.29, 1.82) is 0 Å². The van der Waals surface area contributed by atoms with Gasteiger partial charge in [0.2, 0.25) is 12.7 Å². The third kappa shape index (κ3) is 3.31. The largest absolute Gasteiger partial charge is 0.493 e. The molecule has 1 atom stereocenters. The van der Waals surface area contributed by atoms with E-state index in [1.807, 2.05) is 6.07 Å². The lowest BCUT2D eigenvalue weighted by Crippen LogP contribution is -2.39. The second kappa shape index (κ2) is 7.88. The van der Waals surface area contributed by atoms with Crippen molar-refractivity contribution >= 4 is 5.69 Å². The van der Waals surface area contributed by atoms with Gasteiger partial charge in [-0.1, -0.05) is 6.07 Å². The molecule has 0 fully saturated rings. The second-order valence-electron chi connectivity index (χ2n) is 8.75. The molecule has 0 amide bonds. The summed E-state index contributed by atoms with van der Waals surface area (Å²) in [5, 5.41) is 11.1. The van der Waals surface area contributed by atoms with Crippen molar-refractivity contribution in [3.8, 4) is 28.9 Å². The molecule has 0 aliphatic carbocycles. The van der Waals surface area contributed by atoms with Gasteiger partial charge in [0.1, 0.15) is 6.20 Å². The SMILES string of the molecule is COc1ccc2c(c1Oc1ncc([N+](=O)[O-])cc1C)CN1CCc3cc4c(cc3C1C2)OCO4. The number of hydrogen-bond donors (Lipinski definition) is 0. The molecule has 1 unspecified atom stereocenters.